The average molecular weight is 305 g/mol. The number of fused-ring (bicyclic) bond motifs is 1. The molecular weight excluding hydrogens is 280 g/mol. The van der Waals surface area contributed by atoms with Crippen LogP contribution >= 0.6 is 0 Å². The summed E-state index contributed by atoms with van der Waals surface area (Å²) in [6.45, 7) is 4.50. The molecule has 0 atom stereocenters. The van der Waals surface area contributed by atoms with Crippen LogP contribution in [0.5, 0.6) is 0 Å². The van der Waals surface area contributed by atoms with Crippen LogP contribution in [0.15, 0.2) is 48.7 Å². The van der Waals surface area contributed by atoms with E-state index in [-0.39, 0.29) is 0 Å². The molecule has 1 fully saturated rings. The van der Waals surface area contributed by atoms with Gasteiger partial charge in [0.25, 0.3) is 5.65 Å². The number of hydrogen-bond donors (Lipinski definition) is 0. The monoisotopic (exact) mass is 305 g/mol. The third-order valence-electron chi connectivity index (χ3n) is 5.38. The Balaban J connectivity index is 1.98. The molecule has 0 amide bonds. The van der Waals surface area contributed by atoms with E-state index in [9.17, 15) is 0 Å². The lowest BCUT2D eigenvalue weighted by Crippen LogP contribution is -2.27. The van der Waals surface area contributed by atoms with Crippen molar-refractivity contribution in [3.63, 3.8) is 0 Å². The summed E-state index contributed by atoms with van der Waals surface area (Å²) in [4.78, 5) is 0. The van der Waals surface area contributed by atoms with Gasteiger partial charge in [-0.15, -0.1) is 0 Å². The van der Waals surface area contributed by atoms with Gasteiger partial charge in [0.15, 0.2) is 5.69 Å². The number of imidazole rings is 1. The molecule has 2 heteroatoms. The van der Waals surface area contributed by atoms with E-state index in [1.165, 1.54) is 60.4 Å². The lowest BCUT2D eigenvalue weighted by molar-refractivity contribution is -0.522. The highest BCUT2D eigenvalue weighted by atomic mass is 15.1. The maximum atomic E-state index is 2.44. The normalized spacial score (nSPS) is 16.1. The van der Waals surface area contributed by atoms with Crippen molar-refractivity contribution >= 4 is 5.65 Å². The second kappa shape index (κ2) is 5.84. The lowest BCUT2D eigenvalue weighted by Gasteiger charge is -2.19. The van der Waals surface area contributed by atoms with Crippen molar-refractivity contribution in [2.24, 2.45) is 0 Å². The minimum absolute atomic E-state index is 0.698. The first-order chi connectivity index (χ1) is 11.3. The predicted octanol–water partition coefficient (Wildman–Crippen LogP) is 4.88. The van der Waals surface area contributed by atoms with Gasteiger partial charge in [-0.25, -0.2) is 0 Å². The van der Waals surface area contributed by atoms with Gasteiger partial charge in [-0.3, -0.25) is 0 Å². The van der Waals surface area contributed by atoms with E-state index in [1.807, 2.05) is 0 Å². The highest BCUT2D eigenvalue weighted by Crippen LogP contribution is 2.34. The summed E-state index contributed by atoms with van der Waals surface area (Å²) >= 11 is 0. The molecule has 118 valence electrons. The summed E-state index contributed by atoms with van der Waals surface area (Å²) in [7, 11) is 0. The van der Waals surface area contributed by atoms with Gasteiger partial charge in [0.2, 0.25) is 0 Å². The van der Waals surface area contributed by atoms with Gasteiger partial charge in [0.05, 0.1) is 6.20 Å². The van der Waals surface area contributed by atoms with E-state index >= 15 is 0 Å². The van der Waals surface area contributed by atoms with Gasteiger partial charge < -0.3 is 0 Å². The standard InChI is InChI=1S/C21H25N2/c1-16-10-6-7-13-19(16)23-17(2)21(18-11-4-3-5-12-18)22-15-9-8-14-20(22)23/h6-10,13-15,18H,3-5,11-12H2,1-2H3/q+1. The highest BCUT2D eigenvalue weighted by Gasteiger charge is 2.30. The van der Waals surface area contributed by atoms with E-state index in [2.05, 4.69) is 71.5 Å². The summed E-state index contributed by atoms with van der Waals surface area (Å²) in [6.07, 6.45) is 9.03. The molecule has 4 rings (SSSR count). The minimum Gasteiger partial charge on any atom is -0.199 e. The molecule has 1 aliphatic rings. The Kier molecular flexibility index (Phi) is 3.68. The molecule has 2 nitrogen and oxygen atoms in total. The lowest BCUT2D eigenvalue weighted by atomic mass is 9.86. The summed E-state index contributed by atoms with van der Waals surface area (Å²) < 4.78 is 4.87. The maximum Gasteiger partial charge on any atom is 0.291 e. The fourth-order valence-electron chi connectivity index (χ4n) is 4.27. The molecule has 0 aliphatic heterocycles. The Hall–Kier alpha value is -2.09. The number of hydrogen-bond acceptors (Lipinski definition) is 0. The second-order valence-corrected chi connectivity index (χ2v) is 6.86. The highest BCUT2D eigenvalue weighted by molar-refractivity contribution is 5.51. The molecule has 0 N–H and O–H groups in total. The smallest absolute Gasteiger partial charge is 0.199 e. The number of pyridine rings is 1. The van der Waals surface area contributed by atoms with E-state index in [4.69, 9.17) is 0 Å². The molecule has 1 aromatic carbocycles. The van der Waals surface area contributed by atoms with Gasteiger partial charge >= 0.3 is 0 Å². The van der Waals surface area contributed by atoms with Gasteiger partial charge in [-0.2, -0.15) is 8.97 Å². The van der Waals surface area contributed by atoms with E-state index < -0.39 is 0 Å². The SMILES string of the molecule is Cc1ccccc1-n1c(C)c(C2CCCCC2)[n+]2ccccc12. The molecule has 0 unspecified atom stereocenters. The molecule has 0 radical (unpaired) electrons. The van der Waals surface area contributed by atoms with Crippen LogP contribution in [0.3, 0.4) is 0 Å². The van der Waals surface area contributed by atoms with Crippen LogP contribution in [-0.2, 0) is 0 Å². The van der Waals surface area contributed by atoms with Crippen LogP contribution in [-0.4, -0.2) is 4.57 Å². The molecule has 0 saturated heterocycles. The third kappa shape index (κ3) is 2.37. The first-order valence-electron chi connectivity index (χ1n) is 8.85. The van der Waals surface area contributed by atoms with Crippen molar-refractivity contribution in [1.29, 1.82) is 0 Å². The topological polar surface area (TPSA) is 9.03 Å². The van der Waals surface area contributed by atoms with E-state index in [0.717, 1.165) is 0 Å². The van der Waals surface area contributed by atoms with Crippen LogP contribution in [0.2, 0.25) is 0 Å². The van der Waals surface area contributed by atoms with E-state index in [1.54, 1.807) is 0 Å². The van der Waals surface area contributed by atoms with Crippen molar-refractivity contribution in [3.05, 3.63) is 65.6 Å². The fourth-order valence-corrected chi connectivity index (χ4v) is 4.27. The van der Waals surface area contributed by atoms with Crippen LogP contribution < -0.4 is 4.40 Å². The van der Waals surface area contributed by atoms with Crippen molar-refractivity contribution in [1.82, 2.24) is 4.57 Å². The quantitative estimate of drug-likeness (QED) is 0.597. The molecule has 2 heterocycles. The van der Waals surface area contributed by atoms with Crippen molar-refractivity contribution in [3.8, 4) is 5.69 Å². The van der Waals surface area contributed by atoms with Crippen molar-refractivity contribution in [2.45, 2.75) is 51.9 Å². The summed E-state index contributed by atoms with van der Waals surface area (Å²) in [5, 5.41) is 0. The van der Waals surface area contributed by atoms with Gasteiger partial charge in [0.1, 0.15) is 11.4 Å². The Morgan fingerprint density at radius 2 is 1.65 bits per heavy atom. The number of aromatic nitrogens is 2. The average Bonchev–Trinajstić information content (AvgIpc) is 2.88. The first-order valence-corrected chi connectivity index (χ1v) is 8.85. The zero-order valence-electron chi connectivity index (χ0n) is 14.1. The van der Waals surface area contributed by atoms with Crippen LogP contribution in [0, 0.1) is 13.8 Å². The van der Waals surface area contributed by atoms with Gasteiger partial charge in [0, 0.05) is 18.9 Å². The number of nitrogens with zero attached hydrogens (tertiary/aromatic N) is 2. The zero-order chi connectivity index (χ0) is 15.8. The molecule has 1 saturated carbocycles. The second-order valence-electron chi connectivity index (χ2n) is 6.86. The summed E-state index contributed by atoms with van der Waals surface area (Å²) in [5.41, 5.74) is 6.82. The summed E-state index contributed by atoms with van der Waals surface area (Å²) in [5.74, 6) is 0.698. The Labute approximate surface area is 138 Å². The molecule has 23 heavy (non-hydrogen) atoms. The van der Waals surface area contributed by atoms with Crippen LogP contribution in [0.25, 0.3) is 11.3 Å². The number of para-hydroxylation sites is 1. The molecule has 0 bridgehead atoms. The molecule has 2 aromatic heterocycles. The third-order valence-corrected chi connectivity index (χ3v) is 5.38. The van der Waals surface area contributed by atoms with Crippen LogP contribution in [0.4, 0.5) is 0 Å². The maximum absolute atomic E-state index is 2.44. The van der Waals surface area contributed by atoms with E-state index in [0.29, 0.717) is 5.92 Å². The van der Waals surface area contributed by atoms with Gasteiger partial charge in [-0.05, 0) is 37.5 Å². The van der Waals surface area contributed by atoms with Crippen LogP contribution in [0.1, 0.15) is 55.0 Å². The molecule has 1 aliphatic carbocycles. The Morgan fingerprint density at radius 1 is 0.913 bits per heavy atom. The van der Waals surface area contributed by atoms with Crippen molar-refractivity contribution < 1.29 is 4.40 Å². The number of benzene rings is 1. The molecule has 3 aromatic rings. The zero-order valence-corrected chi connectivity index (χ0v) is 14.1. The fraction of sp³-hybridized carbons (Fsp3) is 0.381. The summed E-state index contributed by atoms with van der Waals surface area (Å²) in [6, 6.07) is 15.2. The molecule has 0 spiro atoms. The minimum atomic E-state index is 0.698. The number of aryl methyl sites for hydroxylation is 1. The van der Waals surface area contributed by atoms with Gasteiger partial charge in [-0.1, -0.05) is 43.5 Å². The Morgan fingerprint density at radius 3 is 2.43 bits per heavy atom. The Bertz CT molecular complexity index is 838. The largest absolute Gasteiger partial charge is 0.291 e. The first kappa shape index (κ1) is 14.5. The van der Waals surface area contributed by atoms with Crippen molar-refractivity contribution in [2.75, 3.05) is 0 Å². The molecular formula is C21H25N2+. The predicted molar refractivity (Wildman–Crippen MR) is 94.2 cm³/mol. The number of rotatable bonds is 2.